The molecule has 1 saturated carbocycles. The highest BCUT2D eigenvalue weighted by Gasteiger charge is 2.26. The molecular weight excluding hydrogens is 266 g/mol. The van der Waals surface area contributed by atoms with E-state index in [-0.39, 0.29) is 16.9 Å². The second-order valence-electron chi connectivity index (χ2n) is 4.96. The van der Waals surface area contributed by atoms with Crippen LogP contribution in [0.5, 0.6) is 0 Å². The SMILES string of the molecule is CCC1CCCCC1Nc1nc(Cl)ccc1[N+](=O)[O-]. The molecule has 1 fully saturated rings. The zero-order valence-electron chi connectivity index (χ0n) is 10.9. The molecule has 0 aliphatic heterocycles. The van der Waals surface area contributed by atoms with Crippen LogP contribution < -0.4 is 5.32 Å². The quantitative estimate of drug-likeness (QED) is 0.515. The average Bonchev–Trinajstić information content (AvgIpc) is 2.39. The van der Waals surface area contributed by atoms with E-state index in [1.165, 1.54) is 25.0 Å². The van der Waals surface area contributed by atoms with E-state index >= 15 is 0 Å². The molecule has 104 valence electrons. The molecular formula is C13H18ClN3O2. The van der Waals surface area contributed by atoms with Gasteiger partial charge in [0.25, 0.3) is 0 Å². The Morgan fingerprint density at radius 2 is 2.21 bits per heavy atom. The Balaban J connectivity index is 2.21. The Labute approximate surface area is 117 Å². The fourth-order valence-corrected chi connectivity index (χ4v) is 2.89. The lowest BCUT2D eigenvalue weighted by Crippen LogP contribution is -2.32. The molecule has 2 rings (SSSR count). The minimum Gasteiger partial charge on any atom is -0.361 e. The lowest BCUT2D eigenvalue weighted by Gasteiger charge is -2.31. The molecule has 5 nitrogen and oxygen atoms in total. The third-order valence-corrected chi connectivity index (χ3v) is 4.00. The molecule has 0 bridgehead atoms. The summed E-state index contributed by atoms with van der Waals surface area (Å²) in [5.41, 5.74) is -0.00942. The molecule has 2 unspecified atom stereocenters. The first-order valence-electron chi connectivity index (χ1n) is 6.69. The number of nitrogens with one attached hydrogen (secondary N) is 1. The number of rotatable bonds is 4. The molecule has 1 aliphatic carbocycles. The average molecular weight is 284 g/mol. The van der Waals surface area contributed by atoms with Gasteiger partial charge in [-0.3, -0.25) is 10.1 Å². The normalized spacial score (nSPS) is 23.1. The van der Waals surface area contributed by atoms with E-state index < -0.39 is 4.92 Å². The Morgan fingerprint density at radius 3 is 2.89 bits per heavy atom. The van der Waals surface area contributed by atoms with E-state index in [1.54, 1.807) is 0 Å². The molecule has 0 saturated heterocycles. The van der Waals surface area contributed by atoms with Crippen LogP contribution in [0.2, 0.25) is 5.15 Å². The number of hydrogen-bond acceptors (Lipinski definition) is 4. The van der Waals surface area contributed by atoms with Gasteiger partial charge in [-0.15, -0.1) is 0 Å². The summed E-state index contributed by atoms with van der Waals surface area (Å²) in [5, 5.41) is 14.5. The van der Waals surface area contributed by atoms with Crippen LogP contribution >= 0.6 is 11.6 Å². The number of anilines is 1. The van der Waals surface area contributed by atoms with Crippen molar-refractivity contribution >= 4 is 23.1 Å². The molecule has 1 aromatic rings. The highest BCUT2D eigenvalue weighted by atomic mass is 35.5. The van der Waals surface area contributed by atoms with Gasteiger partial charge in [0.1, 0.15) is 5.15 Å². The van der Waals surface area contributed by atoms with Crippen LogP contribution in [-0.4, -0.2) is 15.9 Å². The molecule has 19 heavy (non-hydrogen) atoms. The maximum atomic E-state index is 11.0. The Kier molecular flexibility index (Phi) is 4.58. The second-order valence-corrected chi connectivity index (χ2v) is 5.35. The van der Waals surface area contributed by atoms with Crippen molar-refractivity contribution in [2.24, 2.45) is 5.92 Å². The summed E-state index contributed by atoms with van der Waals surface area (Å²) in [4.78, 5) is 14.7. The Bertz CT molecular complexity index is 467. The van der Waals surface area contributed by atoms with E-state index in [1.807, 2.05) is 0 Å². The Morgan fingerprint density at radius 1 is 1.47 bits per heavy atom. The summed E-state index contributed by atoms with van der Waals surface area (Å²) in [6, 6.07) is 3.10. The van der Waals surface area contributed by atoms with E-state index in [0.717, 1.165) is 19.3 Å². The lowest BCUT2D eigenvalue weighted by atomic mass is 9.83. The van der Waals surface area contributed by atoms with Gasteiger partial charge in [0.05, 0.1) is 4.92 Å². The van der Waals surface area contributed by atoms with Crippen LogP contribution in [0.25, 0.3) is 0 Å². The summed E-state index contributed by atoms with van der Waals surface area (Å²) in [6.07, 6.45) is 5.67. The van der Waals surface area contributed by atoms with Gasteiger partial charge in [-0.2, -0.15) is 0 Å². The van der Waals surface area contributed by atoms with E-state index in [0.29, 0.717) is 11.7 Å². The largest absolute Gasteiger partial charge is 0.361 e. The van der Waals surface area contributed by atoms with Crippen LogP contribution in [0, 0.1) is 16.0 Å². The van der Waals surface area contributed by atoms with Crippen LogP contribution in [0.15, 0.2) is 12.1 Å². The molecule has 1 aliphatic rings. The topological polar surface area (TPSA) is 68.1 Å². The lowest BCUT2D eigenvalue weighted by molar-refractivity contribution is -0.384. The maximum absolute atomic E-state index is 11.0. The van der Waals surface area contributed by atoms with Gasteiger partial charge in [-0.1, -0.05) is 37.8 Å². The molecule has 0 aromatic carbocycles. The molecule has 2 atom stereocenters. The van der Waals surface area contributed by atoms with Crippen molar-refractivity contribution in [3.8, 4) is 0 Å². The van der Waals surface area contributed by atoms with Crippen molar-refractivity contribution in [1.82, 2.24) is 4.98 Å². The minimum absolute atomic E-state index is 0.00942. The van der Waals surface area contributed by atoms with E-state index in [9.17, 15) is 10.1 Å². The highest BCUT2D eigenvalue weighted by Crippen LogP contribution is 2.32. The summed E-state index contributed by atoms with van der Waals surface area (Å²) >= 11 is 5.84. The predicted octanol–water partition coefficient (Wildman–Crippen LogP) is 4.02. The van der Waals surface area contributed by atoms with Gasteiger partial charge in [0.15, 0.2) is 0 Å². The minimum atomic E-state index is -0.421. The molecule has 6 heteroatoms. The smallest absolute Gasteiger partial charge is 0.311 e. The molecule has 0 spiro atoms. The molecule has 1 aromatic heterocycles. The van der Waals surface area contributed by atoms with Gasteiger partial charge in [0.2, 0.25) is 5.82 Å². The number of nitrogens with zero attached hydrogens (tertiary/aromatic N) is 2. The first-order valence-corrected chi connectivity index (χ1v) is 7.07. The number of nitro groups is 1. The second kappa shape index (κ2) is 6.19. The maximum Gasteiger partial charge on any atom is 0.311 e. The fraction of sp³-hybridized carbons (Fsp3) is 0.615. The van der Waals surface area contributed by atoms with Gasteiger partial charge in [-0.25, -0.2) is 4.98 Å². The van der Waals surface area contributed by atoms with Crippen molar-refractivity contribution in [2.75, 3.05) is 5.32 Å². The molecule has 1 heterocycles. The van der Waals surface area contributed by atoms with Gasteiger partial charge in [0, 0.05) is 12.1 Å². The van der Waals surface area contributed by atoms with Crippen molar-refractivity contribution in [1.29, 1.82) is 0 Å². The van der Waals surface area contributed by atoms with Crippen LogP contribution in [0.3, 0.4) is 0 Å². The van der Waals surface area contributed by atoms with E-state index in [2.05, 4.69) is 17.2 Å². The number of halogens is 1. The molecule has 0 amide bonds. The summed E-state index contributed by atoms with van der Waals surface area (Å²) in [7, 11) is 0. The molecule has 0 radical (unpaired) electrons. The first kappa shape index (κ1) is 14.1. The zero-order valence-corrected chi connectivity index (χ0v) is 11.7. The zero-order chi connectivity index (χ0) is 13.8. The van der Waals surface area contributed by atoms with Crippen molar-refractivity contribution in [2.45, 2.75) is 45.1 Å². The van der Waals surface area contributed by atoms with Crippen LogP contribution in [0.4, 0.5) is 11.5 Å². The summed E-state index contributed by atoms with van der Waals surface area (Å²) in [5.74, 6) is 0.844. The fourth-order valence-electron chi connectivity index (χ4n) is 2.74. The Hall–Kier alpha value is -1.36. The highest BCUT2D eigenvalue weighted by molar-refractivity contribution is 6.29. The van der Waals surface area contributed by atoms with Crippen LogP contribution in [-0.2, 0) is 0 Å². The van der Waals surface area contributed by atoms with Gasteiger partial charge < -0.3 is 5.32 Å². The molecule has 1 N–H and O–H groups in total. The number of hydrogen-bond donors (Lipinski definition) is 1. The number of pyridine rings is 1. The van der Waals surface area contributed by atoms with Crippen molar-refractivity contribution < 1.29 is 4.92 Å². The number of aromatic nitrogens is 1. The standard InChI is InChI=1S/C13H18ClN3O2/c1-2-9-5-3-4-6-10(9)15-13-11(17(18)19)7-8-12(14)16-13/h7-10H,2-6H2,1H3,(H,15,16). The van der Waals surface area contributed by atoms with Crippen LogP contribution in [0.1, 0.15) is 39.0 Å². The predicted molar refractivity (Wildman–Crippen MR) is 75.6 cm³/mol. The summed E-state index contributed by atoms with van der Waals surface area (Å²) in [6.45, 7) is 2.16. The van der Waals surface area contributed by atoms with Crippen molar-refractivity contribution in [3.63, 3.8) is 0 Å². The van der Waals surface area contributed by atoms with Gasteiger partial charge >= 0.3 is 5.69 Å². The first-order chi connectivity index (χ1) is 9.11. The monoisotopic (exact) mass is 283 g/mol. The van der Waals surface area contributed by atoms with Crippen molar-refractivity contribution in [3.05, 3.63) is 27.4 Å². The van der Waals surface area contributed by atoms with Gasteiger partial charge in [-0.05, 0) is 24.8 Å². The third-order valence-electron chi connectivity index (χ3n) is 3.79. The van der Waals surface area contributed by atoms with E-state index in [4.69, 9.17) is 11.6 Å². The summed E-state index contributed by atoms with van der Waals surface area (Å²) < 4.78 is 0. The third kappa shape index (κ3) is 3.35.